The number of hydrogen-bond acceptors (Lipinski definition) is 2. The van der Waals surface area contributed by atoms with Gasteiger partial charge in [0.05, 0.1) is 11.1 Å². The van der Waals surface area contributed by atoms with E-state index in [4.69, 9.17) is 0 Å². The van der Waals surface area contributed by atoms with Crippen molar-refractivity contribution < 1.29 is 0 Å². The first-order valence-electron chi connectivity index (χ1n) is 24.3. The summed E-state index contributed by atoms with van der Waals surface area (Å²) in [4.78, 5) is 5.12. The fraction of sp³-hybridized carbons (Fsp3) is 0.169. The number of fused-ring (bicyclic) bond motifs is 13. The molecule has 2 nitrogen and oxygen atoms in total. The molecule has 0 N–H and O–H groups in total. The standard InChI is InChI=1S/C65H54N2/c1-63(2)55-31-16-13-28-50(55)52-38-37-48(41-59(52)63)67(46-25-11-6-12-26-46)61-35-19-34-58-62(61)54-30-15-18-33-57(54)65(58)56-32-17-14-29-51(56)53-39-36-47(42-60(53)65)66(45-23-9-5-10-24-45)49-27-20-40-64(3,43-49)44-21-7-4-8-22-44/h4-9,11-23,25-39,41-43,54,57H,10,24,40H2,1-3H3. The van der Waals surface area contributed by atoms with E-state index in [2.05, 4.69) is 255 Å². The summed E-state index contributed by atoms with van der Waals surface area (Å²) in [6.07, 6.45) is 26.7. The van der Waals surface area contributed by atoms with Crippen molar-refractivity contribution in [2.75, 3.05) is 9.80 Å². The first-order valence-corrected chi connectivity index (χ1v) is 24.3. The van der Waals surface area contributed by atoms with Gasteiger partial charge in [0, 0.05) is 51.1 Å². The summed E-state index contributed by atoms with van der Waals surface area (Å²) in [5.41, 5.74) is 21.7. The van der Waals surface area contributed by atoms with Crippen LogP contribution in [0.1, 0.15) is 84.9 Å². The van der Waals surface area contributed by atoms with E-state index in [-0.39, 0.29) is 22.7 Å². The van der Waals surface area contributed by atoms with Gasteiger partial charge in [0.15, 0.2) is 0 Å². The van der Waals surface area contributed by atoms with E-state index in [1.165, 1.54) is 89.7 Å². The van der Waals surface area contributed by atoms with E-state index in [1.54, 1.807) is 0 Å². The van der Waals surface area contributed by atoms with Gasteiger partial charge in [0.1, 0.15) is 0 Å². The van der Waals surface area contributed by atoms with Gasteiger partial charge in [-0.3, -0.25) is 0 Å². The molecule has 0 aliphatic heterocycles. The largest absolute Gasteiger partial charge is 0.315 e. The van der Waals surface area contributed by atoms with Crippen LogP contribution in [0.15, 0.2) is 236 Å². The number of benzene rings is 7. The van der Waals surface area contributed by atoms with Gasteiger partial charge < -0.3 is 9.80 Å². The Morgan fingerprint density at radius 2 is 1.15 bits per heavy atom. The average molecular weight is 863 g/mol. The molecule has 0 amide bonds. The number of hydrogen-bond donors (Lipinski definition) is 0. The van der Waals surface area contributed by atoms with E-state index in [0.717, 1.165) is 24.9 Å². The highest BCUT2D eigenvalue weighted by molar-refractivity contribution is 5.91. The molecule has 2 heteroatoms. The maximum absolute atomic E-state index is 2.58. The minimum Gasteiger partial charge on any atom is -0.315 e. The smallest absolute Gasteiger partial charge is 0.0539 e. The second-order valence-electron chi connectivity index (χ2n) is 20.1. The Labute approximate surface area is 396 Å². The SMILES string of the molecule is CC1(c2ccccc2)C=C(N(C2=CC=CCC2)c2ccc3c(c2)C2(c4ccccc4-3)c3cccc(N(c4ccccc4)c4ccc5c(c4)C(C)(C)c4ccccc4-5)c3C3C=CC=CC32)C=CC1. The normalized spacial score (nSPS) is 22.9. The van der Waals surface area contributed by atoms with Crippen molar-refractivity contribution in [3.05, 3.63) is 275 Å². The molecule has 0 bridgehead atoms. The van der Waals surface area contributed by atoms with Crippen molar-refractivity contribution in [3.63, 3.8) is 0 Å². The zero-order valence-electron chi connectivity index (χ0n) is 38.5. The Kier molecular flexibility index (Phi) is 8.97. The van der Waals surface area contributed by atoms with E-state index >= 15 is 0 Å². The van der Waals surface area contributed by atoms with Gasteiger partial charge >= 0.3 is 0 Å². The van der Waals surface area contributed by atoms with Crippen LogP contribution in [0.3, 0.4) is 0 Å². The lowest BCUT2D eigenvalue weighted by molar-refractivity contribution is 0.465. The third-order valence-corrected chi connectivity index (χ3v) is 16.2. The fourth-order valence-electron chi connectivity index (χ4n) is 13.1. The second-order valence-corrected chi connectivity index (χ2v) is 20.1. The van der Waals surface area contributed by atoms with Crippen LogP contribution in [0.5, 0.6) is 0 Å². The Bertz CT molecular complexity index is 3340. The summed E-state index contributed by atoms with van der Waals surface area (Å²) in [6.45, 7) is 7.17. The highest BCUT2D eigenvalue weighted by Crippen LogP contribution is 2.67. The van der Waals surface area contributed by atoms with Gasteiger partial charge in [-0.05, 0) is 141 Å². The Balaban J connectivity index is 1.03. The zero-order valence-corrected chi connectivity index (χ0v) is 38.5. The predicted octanol–water partition coefficient (Wildman–Crippen LogP) is 16.5. The van der Waals surface area contributed by atoms with E-state index in [1.807, 2.05) is 0 Å². The molecule has 7 aromatic carbocycles. The summed E-state index contributed by atoms with van der Waals surface area (Å²) in [6, 6.07) is 62.2. The lowest BCUT2D eigenvalue weighted by Gasteiger charge is -2.38. The van der Waals surface area contributed by atoms with E-state index in [0.29, 0.717) is 0 Å². The minimum atomic E-state index is -0.426. The van der Waals surface area contributed by atoms with Crippen LogP contribution in [0.2, 0.25) is 0 Å². The molecule has 324 valence electrons. The molecular weight excluding hydrogens is 809 g/mol. The Hall–Kier alpha value is -7.42. The van der Waals surface area contributed by atoms with Gasteiger partial charge in [0.25, 0.3) is 0 Å². The molecule has 6 aliphatic rings. The number of para-hydroxylation sites is 1. The number of anilines is 4. The third kappa shape index (κ3) is 5.82. The van der Waals surface area contributed by atoms with Crippen LogP contribution in [0.4, 0.5) is 22.7 Å². The molecule has 0 saturated carbocycles. The van der Waals surface area contributed by atoms with Crippen LogP contribution in [-0.4, -0.2) is 0 Å². The molecule has 6 aliphatic carbocycles. The summed E-state index contributed by atoms with van der Waals surface area (Å²) < 4.78 is 0. The first kappa shape index (κ1) is 39.9. The van der Waals surface area contributed by atoms with E-state index in [9.17, 15) is 0 Å². The fourth-order valence-corrected chi connectivity index (χ4v) is 13.1. The molecule has 4 unspecified atom stereocenters. The Morgan fingerprint density at radius 3 is 1.93 bits per heavy atom. The van der Waals surface area contributed by atoms with Crippen LogP contribution in [0, 0.1) is 5.92 Å². The number of rotatable bonds is 7. The van der Waals surface area contributed by atoms with Gasteiger partial charge in [-0.25, -0.2) is 0 Å². The van der Waals surface area contributed by atoms with Crippen LogP contribution in [-0.2, 0) is 16.2 Å². The van der Waals surface area contributed by atoms with Gasteiger partial charge in [-0.15, -0.1) is 0 Å². The lowest BCUT2D eigenvalue weighted by atomic mass is 9.65. The highest BCUT2D eigenvalue weighted by atomic mass is 15.2. The van der Waals surface area contributed by atoms with Gasteiger partial charge in [-0.1, -0.05) is 185 Å². The molecule has 0 radical (unpaired) electrons. The van der Waals surface area contributed by atoms with Gasteiger partial charge in [0.2, 0.25) is 0 Å². The highest BCUT2D eigenvalue weighted by Gasteiger charge is 2.58. The van der Waals surface area contributed by atoms with Crippen molar-refractivity contribution in [1.29, 1.82) is 0 Å². The number of nitrogens with zero attached hydrogens (tertiary/aromatic N) is 2. The molecule has 1 spiro atoms. The molecule has 0 saturated heterocycles. The molecule has 7 aromatic rings. The van der Waals surface area contributed by atoms with Crippen molar-refractivity contribution in [2.45, 2.75) is 62.2 Å². The molecule has 0 aromatic heterocycles. The third-order valence-electron chi connectivity index (χ3n) is 16.2. The predicted molar refractivity (Wildman–Crippen MR) is 280 cm³/mol. The maximum Gasteiger partial charge on any atom is 0.0539 e. The summed E-state index contributed by atoms with van der Waals surface area (Å²) in [5.74, 6) is 0.316. The van der Waals surface area contributed by atoms with Crippen molar-refractivity contribution in [3.8, 4) is 22.3 Å². The van der Waals surface area contributed by atoms with Gasteiger partial charge in [-0.2, -0.15) is 0 Å². The van der Waals surface area contributed by atoms with Crippen LogP contribution < -0.4 is 9.80 Å². The molecule has 67 heavy (non-hydrogen) atoms. The monoisotopic (exact) mass is 862 g/mol. The first-order chi connectivity index (χ1) is 32.9. The van der Waals surface area contributed by atoms with Crippen molar-refractivity contribution in [1.82, 2.24) is 0 Å². The van der Waals surface area contributed by atoms with E-state index < -0.39 is 5.41 Å². The quantitative estimate of drug-likeness (QED) is 0.158. The summed E-state index contributed by atoms with van der Waals surface area (Å²) >= 11 is 0. The van der Waals surface area contributed by atoms with Crippen LogP contribution >= 0.6 is 0 Å². The molecule has 0 heterocycles. The minimum absolute atomic E-state index is 0.120. The zero-order chi connectivity index (χ0) is 44.9. The number of allylic oxidation sites excluding steroid dienone is 11. The summed E-state index contributed by atoms with van der Waals surface area (Å²) in [7, 11) is 0. The maximum atomic E-state index is 2.58. The molecular formula is C65H54N2. The van der Waals surface area contributed by atoms with Crippen molar-refractivity contribution in [2.24, 2.45) is 5.92 Å². The molecule has 0 fully saturated rings. The lowest BCUT2D eigenvalue weighted by Crippen LogP contribution is -2.33. The molecule has 4 atom stereocenters. The summed E-state index contributed by atoms with van der Waals surface area (Å²) in [5, 5.41) is 0. The molecule has 13 rings (SSSR count). The topological polar surface area (TPSA) is 6.48 Å². The van der Waals surface area contributed by atoms with Crippen molar-refractivity contribution >= 4 is 22.7 Å². The van der Waals surface area contributed by atoms with Crippen LogP contribution in [0.25, 0.3) is 22.3 Å². The average Bonchev–Trinajstić information content (AvgIpc) is 3.93. The second kappa shape index (κ2) is 15.1. The Morgan fingerprint density at radius 1 is 0.507 bits per heavy atom.